The highest BCUT2D eigenvalue weighted by Gasteiger charge is 2.27. The molecule has 1 aliphatic heterocycles. The number of hydrogen-bond acceptors (Lipinski definition) is 6. The second kappa shape index (κ2) is 10.3. The van der Waals surface area contributed by atoms with E-state index in [4.69, 9.17) is 4.42 Å². The van der Waals surface area contributed by atoms with Crippen molar-refractivity contribution in [3.63, 3.8) is 0 Å². The molecule has 1 amide bonds. The van der Waals surface area contributed by atoms with Gasteiger partial charge in [0.1, 0.15) is 11.6 Å². The average molecular weight is 470 g/mol. The minimum atomic E-state index is -0.277. The Morgan fingerprint density at radius 1 is 0.943 bits per heavy atom. The van der Waals surface area contributed by atoms with Gasteiger partial charge in [0.2, 0.25) is 0 Å². The van der Waals surface area contributed by atoms with Crippen LogP contribution in [0.2, 0.25) is 0 Å². The van der Waals surface area contributed by atoms with Gasteiger partial charge in [0.15, 0.2) is 5.76 Å². The summed E-state index contributed by atoms with van der Waals surface area (Å²) in [6, 6.07) is 23.3. The van der Waals surface area contributed by atoms with E-state index >= 15 is 0 Å². The monoisotopic (exact) mass is 469 g/mol. The van der Waals surface area contributed by atoms with Crippen LogP contribution >= 0.6 is 0 Å². The largest absolute Gasteiger partial charge is 0.459 e. The van der Waals surface area contributed by atoms with E-state index < -0.39 is 0 Å². The molecule has 35 heavy (non-hydrogen) atoms. The molecule has 1 aliphatic rings. The van der Waals surface area contributed by atoms with E-state index in [1.54, 1.807) is 21.6 Å². The molecule has 2 aromatic heterocycles. The van der Waals surface area contributed by atoms with E-state index in [-0.39, 0.29) is 23.2 Å². The second-order valence-corrected chi connectivity index (χ2v) is 8.30. The summed E-state index contributed by atoms with van der Waals surface area (Å²) >= 11 is 0. The lowest BCUT2D eigenvalue weighted by atomic mass is 10.1. The van der Waals surface area contributed by atoms with Gasteiger partial charge in [-0.05, 0) is 30.2 Å². The zero-order chi connectivity index (χ0) is 23.5. The van der Waals surface area contributed by atoms with Crippen LogP contribution in [0.4, 0.5) is 5.69 Å². The van der Waals surface area contributed by atoms with Crippen molar-refractivity contribution < 1.29 is 9.21 Å². The summed E-state index contributed by atoms with van der Waals surface area (Å²) in [6.07, 6.45) is 2.18. The number of amides is 1. The number of nitriles is 1. The highest BCUT2D eigenvalue weighted by atomic mass is 16.3. The third kappa shape index (κ3) is 4.54. The normalized spacial score (nSPS) is 13.3. The van der Waals surface area contributed by atoms with Crippen molar-refractivity contribution in [2.75, 3.05) is 31.1 Å². The van der Waals surface area contributed by atoms with Gasteiger partial charge in [-0.3, -0.25) is 9.59 Å². The molecule has 5 rings (SSSR count). The fraction of sp³-hybridized carbons (Fsp3) is 0.222. The van der Waals surface area contributed by atoms with E-state index in [1.807, 2.05) is 54.6 Å². The van der Waals surface area contributed by atoms with E-state index in [9.17, 15) is 14.9 Å². The molecule has 8 nitrogen and oxygen atoms in total. The first-order valence-electron chi connectivity index (χ1n) is 11.3. The number of aromatic nitrogens is 1. The number of hydrogen-bond donors (Lipinski definition) is 1. The molecule has 0 bridgehead atoms. The van der Waals surface area contributed by atoms with Crippen LogP contribution in [0, 0.1) is 11.3 Å². The summed E-state index contributed by atoms with van der Waals surface area (Å²) in [7, 11) is 0. The quantitative estimate of drug-likeness (QED) is 0.475. The van der Waals surface area contributed by atoms with Crippen LogP contribution in [0.15, 0.2) is 82.2 Å². The average Bonchev–Trinajstić information content (AvgIpc) is 3.43. The number of piperazine rings is 1. The molecule has 0 radical (unpaired) electrons. The molecule has 8 heteroatoms. The molecular formula is C27H27N5O3. The summed E-state index contributed by atoms with van der Waals surface area (Å²) < 4.78 is 6.96. The first-order chi connectivity index (χ1) is 16.7. The lowest BCUT2D eigenvalue weighted by molar-refractivity contribution is 0.0715. The van der Waals surface area contributed by atoms with Crippen molar-refractivity contribution in [2.45, 2.75) is 13.0 Å². The van der Waals surface area contributed by atoms with Crippen molar-refractivity contribution in [3.8, 4) is 6.07 Å². The molecule has 0 spiro atoms. The number of benzene rings is 2. The Hall–Kier alpha value is -4.35. The number of carbonyl (C=O) groups is 1. The van der Waals surface area contributed by atoms with Crippen LogP contribution in [-0.2, 0) is 13.0 Å². The van der Waals surface area contributed by atoms with Gasteiger partial charge in [-0.25, -0.2) is 0 Å². The lowest BCUT2D eigenvalue weighted by Crippen LogP contribution is -2.49. The number of pyridine rings is 1. The third-order valence-electron chi connectivity index (χ3n) is 6.34. The zero-order valence-corrected chi connectivity index (χ0v) is 19.4. The summed E-state index contributed by atoms with van der Waals surface area (Å²) in [5.74, 6) is 0.170. The first kappa shape index (κ1) is 23.8. The van der Waals surface area contributed by atoms with Crippen LogP contribution in [0.25, 0.3) is 10.9 Å². The van der Waals surface area contributed by atoms with Gasteiger partial charge in [0.25, 0.3) is 11.5 Å². The van der Waals surface area contributed by atoms with Crippen molar-refractivity contribution in [2.24, 2.45) is 0 Å². The molecule has 178 valence electrons. The molecule has 0 aliphatic carbocycles. The number of anilines is 1. The number of fused-ring (bicyclic) bond motifs is 1. The molecule has 2 aromatic carbocycles. The maximum atomic E-state index is 13.5. The molecule has 0 atom stereocenters. The van der Waals surface area contributed by atoms with Gasteiger partial charge < -0.3 is 24.9 Å². The Morgan fingerprint density at radius 3 is 2.34 bits per heavy atom. The first-order valence-corrected chi connectivity index (χ1v) is 11.3. The fourth-order valence-electron chi connectivity index (χ4n) is 4.62. The minimum Gasteiger partial charge on any atom is -0.459 e. The van der Waals surface area contributed by atoms with E-state index in [2.05, 4.69) is 11.0 Å². The van der Waals surface area contributed by atoms with Gasteiger partial charge in [0.05, 0.1) is 17.5 Å². The van der Waals surface area contributed by atoms with Crippen molar-refractivity contribution >= 4 is 22.5 Å². The predicted octanol–water partition coefficient (Wildman–Crippen LogP) is 3.83. The van der Waals surface area contributed by atoms with E-state index in [0.29, 0.717) is 50.6 Å². The summed E-state index contributed by atoms with van der Waals surface area (Å²) in [4.78, 5) is 29.9. The standard InChI is InChI=1S/C27H24N4O3.H3N/c28-19-22-25(29-14-16-30(17-15-29)27(33)24-11-6-18-34-24)21-9-4-5-10-23(21)31(26(22)32)13-12-20-7-2-1-3-8-20;/h1-11,18H,12-17H2;1H3. The predicted molar refractivity (Wildman–Crippen MR) is 135 cm³/mol. The maximum Gasteiger partial charge on any atom is 0.289 e. The minimum absolute atomic E-state index is 0. The Morgan fingerprint density at radius 2 is 1.66 bits per heavy atom. The lowest BCUT2D eigenvalue weighted by Gasteiger charge is -2.36. The van der Waals surface area contributed by atoms with Gasteiger partial charge in [-0.15, -0.1) is 0 Å². The van der Waals surface area contributed by atoms with Gasteiger partial charge in [0, 0.05) is 38.1 Å². The molecular weight excluding hydrogens is 442 g/mol. The Kier molecular flexibility index (Phi) is 6.99. The van der Waals surface area contributed by atoms with Crippen molar-refractivity contribution in [1.82, 2.24) is 15.6 Å². The van der Waals surface area contributed by atoms with Crippen LogP contribution in [0.3, 0.4) is 0 Å². The van der Waals surface area contributed by atoms with Crippen LogP contribution in [0.1, 0.15) is 21.7 Å². The number of rotatable bonds is 5. The van der Waals surface area contributed by atoms with E-state index in [1.165, 1.54) is 6.26 Å². The topological polar surface area (TPSA) is 117 Å². The Labute approximate surface area is 203 Å². The molecule has 1 saturated heterocycles. The molecule has 3 N–H and O–H groups in total. The number of aryl methyl sites for hydroxylation is 2. The number of carbonyl (C=O) groups excluding carboxylic acids is 1. The highest BCUT2D eigenvalue weighted by Crippen LogP contribution is 2.30. The molecule has 3 heterocycles. The van der Waals surface area contributed by atoms with Crippen molar-refractivity contribution in [3.05, 3.63) is 100 Å². The molecule has 0 unspecified atom stereocenters. The van der Waals surface area contributed by atoms with Gasteiger partial charge in [-0.1, -0.05) is 48.5 Å². The Balaban J connectivity index is 0.00000289. The van der Waals surface area contributed by atoms with Crippen LogP contribution in [0.5, 0.6) is 0 Å². The van der Waals surface area contributed by atoms with Crippen LogP contribution in [-0.4, -0.2) is 41.6 Å². The summed E-state index contributed by atoms with van der Waals surface area (Å²) in [6.45, 7) is 2.51. The van der Waals surface area contributed by atoms with E-state index in [0.717, 1.165) is 16.5 Å². The zero-order valence-electron chi connectivity index (χ0n) is 19.4. The maximum absolute atomic E-state index is 13.5. The summed E-state index contributed by atoms with van der Waals surface area (Å²) in [5, 5.41) is 10.9. The van der Waals surface area contributed by atoms with Crippen LogP contribution < -0.4 is 16.6 Å². The smallest absolute Gasteiger partial charge is 0.289 e. The number of nitrogens with zero attached hydrogens (tertiary/aromatic N) is 4. The Bertz CT molecular complexity index is 1410. The molecule has 1 fully saturated rings. The number of furan rings is 1. The third-order valence-corrected chi connectivity index (χ3v) is 6.34. The second-order valence-electron chi connectivity index (χ2n) is 8.30. The van der Waals surface area contributed by atoms with Crippen molar-refractivity contribution in [1.29, 1.82) is 5.26 Å². The summed E-state index contributed by atoms with van der Waals surface area (Å²) in [5.41, 5.74) is 2.48. The van der Waals surface area contributed by atoms with Gasteiger partial charge >= 0.3 is 0 Å². The number of para-hydroxylation sites is 1. The molecule has 4 aromatic rings. The van der Waals surface area contributed by atoms with Gasteiger partial charge in [-0.2, -0.15) is 5.26 Å². The SMILES string of the molecule is N.N#Cc1c(N2CCN(C(=O)c3ccco3)CC2)c2ccccc2n(CCc2ccccc2)c1=O. The molecule has 0 saturated carbocycles. The fourth-order valence-corrected chi connectivity index (χ4v) is 4.62. The highest BCUT2D eigenvalue weighted by molar-refractivity contribution is 5.95.